The van der Waals surface area contributed by atoms with Gasteiger partial charge in [-0.2, -0.15) is 5.10 Å². The van der Waals surface area contributed by atoms with Gasteiger partial charge in [0.1, 0.15) is 17.0 Å². The molecule has 2 atom stereocenters. The van der Waals surface area contributed by atoms with Crippen LogP contribution in [0, 0.1) is 5.92 Å². The molecule has 0 unspecified atom stereocenters. The fraction of sp³-hybridized carbons (Fsp3) is 0.391. The number of likely N-dealkylation sites (N-methyl/N-ethyl adjacent to an activating group) is 1. The predicted octanol–water partition coefficient (Wildman–Crippen LogP) is 4.33. The summed E-state index contributed by atoms with van der Waals surface area (Å²) in [5.74, 6) is 0.883. The summed E-state index contributed by atoms with van der Waals surface area (Å²) in [4.78, 5) is 26.0. The minimum absolute atomic E-state index is 0.0138. The van der Waals surface area contributed by atoms with E-state index >= 15 is 0 Å². The molecule has 1 amide bonds. The highest BCUT2D eigenvalue weighted by molar-refractivity contribution is 7.19. The molecule has 8 nitrogen and oxygen atoms in total. The molecule has 5 rings (SSSR count). The smallest absolute Gasteiger partial charge is 0.225 e. The van der Waals surface area contributed by atoms with Crippen molar-refractivity contribution in [1.82, 2.24) is 24.5 Å². The number of halogens is 1. The maximum absolute atomic E-state index is 13.0. The van der Waals surface area contributed by atoms with Gasteiger partial charge in [-0.15, -0.1) is 11.3 Å². The number of pyridine rings is 1. The predicted molar refractivity (Wildman–Crippen MR) is 131 cm³/mol. The first kappa shape index (κ1) is 22.1. The lowest BCUT2D eigenvalue weighted by Crippen LogP contribution is -2.39. The Balaban J connectivity index is 1.43. The van der Waals surface area contributed by atoms with Crippen molar-refractivity contribution in [3.8, 4) is 0 Å². The van der Waals surface area contributed by atoms with Gasteiger partial charge in [0, 0.05) is 43.9 Å². The Bertz CT molecular complexity index is 1340. The Morgan fingerprint density at radius 1 is 1.45 bits per heavy atom. The van der Waals surface area contributed by atoms with E-state index in [4.69, 9.17) is 16.3 Å². The molecular formula is C23H25ClN6O2S. The van der Waals surface area contributed by atoms with Crippen LogP contribution in [-0.4, -0.2) is 57.2 Å². The van der Waals surface area contributed by atoms with E-state index in [0.29, 0.717) is 11.6 Å². The van der Waals surface area contributed by atoms with Gasteiger partial charge in [-0.3, -0.25) is 4.79 Å². The number of carbonyl (C=O) groups excluding carboxylic acids is 1. The third-order valence-corrected chi connectivity index (χ3v) is 7.71. The van der Waals surface area contributed by atoms with Gasteiger partial charge in [-0.25, -0.2) is 14.5 Å². The van der Waals surface area contributed by atoms with E-state index in [1.807, 2.05) is 26.1 Å². The first-order valence-corrected chi connectivity index (χ1v) is 12.1. The quantitative estimate of drug-likeness (QED) is 0.438. The number of methoxy groups -OCH3 is 1. The normalized spacial score (nSPS) is 16.7. The molecule has 10 heteroatoms. The van der Waals surface area contributed by atoms with Crippen LogP contribution in [0.1, 0.15) is 23.8 Å². The SMILES string of the molecule is CO[C@H](C)CN(C)C(=O)[C@H]1CCc2c(sc3ncnc(Nc4cc5ccnn5cc4Cl)c23)C1. The Labute approximate surface area is 200 Å². The van der Waals surface area contributed by atoms with Crippen molar-refractivity contribution in [2.75, 3.05) is 26.0 Å². The van der Waals surface area contributed by atoms with Gasteiger partial charge < -0.3 is 15.0 Å². The highest BCUT2D eigenvalue weighted by Gasteiger charge is 2.31. The average molecular weight is 485 g/mol. The second-order valence-electron chi connectivity index (χ2n) is 8.47. The summed E-state index contributed by atoms with van der Waals surface area (Å²) in [7, 11) is 3.52. The standard InChI is InChI=1S/C23H25ClN6O2S/c1-13(32-3)10-29(2)23(31)14-4-5-16-19(8-14)33-22-20(16)21(25-12-26-22)28-18-9-15-6-7-27-30(15)11-17(18)24/h6-7,9,11-14H,4-5,8,10H2,1-3H3,(H,25,26,28)/t13-,14+/m1/s1. The Morgan fingerprint density at radius 3 is 3.12 bits per heavy atom. The zero-order valence-electron chi connectivity index (χ0n) is 18.7. The molecule has 0 bridgehead atoms. The highest BCUT2D eigenvalue weighted by atomic mass is 35.5. The fourth-order valence-electron chi connectivity index (χ4n) is 4.44. The van der Waals surface area contributed by atoms with E-state index in [0.717, 1.165) is 46.5 Å². The van der Waals surface area contributed by atoms with Crippen LogP contribution in [0.2, 0.25) is 5.02 Å². The molecule has 0 fully saturated rings. The topological polar surface area (TPSA) is 84.6 Å². The molecule has 4 aromatic rings. The van der Waals surface area contributed by atoms with Crippen LogP contribution in [0.15, 0.2) is 30.9 Å². The monoisotopic (exact) mass is 484 g/mol. The molecule has 4 heterocycles. The minimum atomic E-state index is -0.0253. The molecule has 4 aromatic heterocycles. The van der Waals surface area contributed by atoms with E-state index in [1.165, 1.54) is 10.4 Å². The van der Waals surface area contributed by atoms with Crippen LogP contribution in [0.25, 0.3) is 15.7 Å². The molecule has 1 aliphatic carbocycles. The maximum atomic E-state index is 13.0. The van der Waals surface area contributed by atoms with Gasteiger partial charge in [0.25, 0.3) is 0 Å². The number of fused-ring (bicyclic) bond motifs is 4. The van der Waals surface area contributed by atoms with Crippen LogP contribution < -0.4 is 5.32 Å². The van der Waals surface area contributed by atoms with Crippen LogP contribution in [-0.2, 0) is 22.4 Å². The van der Waals surface area contributed by atoms with Crippen molar-refractivity contribution in [3.63, 3.8) is 0 Å². The van der Waals surface area contributed by atoms with Crippen molar-refractivity contribution in [3.05, 3.63) is 46.3 Å². The number of hydrogen-bond acceptors (Lipinski definition) is 7. The van der Waals surface area contributed by atoms with Crippen molar-refractivity contribution < 1.29 is 9.53 Å². The van der Waals surface area contributed by atoms with Gasteiger partial charge in [-0.1, -0.05) is 11.6 Å². The lowest BCUT2D eigenvalue weighted by Gasteiger charge is -2.28. The summed E-state index contributed by atoms with van der Waals surface area (Å²) in [6.07, 6.45) is 7.44. The third-order valence-electron chi connectivity index (χ3n) is 6.24. The van der Waals surface area contributed by atoms with Crippen LogP contribution in [0.4, 0.5) is 11.5 Å². The zero-order valence-corrected chi connectivity index (χ0v) is 20.3. The largest absolute Gasteiger partial charge is 0.380 e. The highest BCUT2D eigenvalue weighted by Crippen LogP contribution is 2.41. The molecule has 1 aliphatic rings. The number of rotatable bonds is 6. The molecule has 172 valence electrons. The van der Waals surface area contributed by atoms with E-state index < -0.39 is 0 Å². The first-order valence-electron chi connectivity index (χ1n) is 10.9. The maximum Gasteiger partial charge on any atom is 0.225 e. The number of ether oxygens (including phenoxy) is 1. The van der Waals surface area contributed by atoms with Crippen LogP contribution in [0.3, 0.4) is 0 Å². The Hall–Kier alpha value is -2.75. The number of nitrogens with zero attached hydrogens (tertiary/aromatic N) is 5. The van der Waals surface area contributed by atoms with Crippen molar-refractivity contribution >= 4 is 56.1 Å². The van der Waals surface area contributed by atoms with Crippen LogP contribution >= 0.6 is 22.9 Å². The van der Waals surface area contributed by atoms with Gasteiger partial charge >= 0.3 is 0 Å². The number of thiophene rings is 1. The Morgan fingerprint density at radius 2 is 2.30 bits per heavy atom. The Kier molecular flexibility index (Phi) is 5.94. The van der Waals surface area contributed by atoms with Crippen molar-refractivity contribution in [2.24, 2.45) is 5.92 Å². The second kappa shape index (κ2) is 8.89. The lowest BCUT2D eigenvalue weighted by atomic mass is 9.87. The number of hydrogen-bond donors (Lipinski definition) is 1. The number of anilines is 2. The van der Waals surface area contributed by atoms with E-state index in [9.17, 15) is 4.79 Å². The van der Waals surface area contributed by atoms with Gasteiger partial charge in [-0.05, 0) is 43.9 Å². The molecule has 0 radical (unpaired) electrons. The van der Waals surface area contributed by atoms with E-state index in [-0.39, 0.29) is 17.9 Å². The molecule has 0 saturated carbocycles. The summed E-state index contributed by atoms with van der Waals surface area (Å²) >= 11 is 8.14. The molecule has 33 heavy (non-hydrogen) atoms. The van der Waals surface area contributed by atoms with Crippen LogP contribution in [0.5, 0.6) is 0 Å². The number of aryl methyl sites for hydroxylation is 1. The van der Waals surface area contributed by atoms with Crippen molar-refractivity contribution in [1.29, 1.82) is 0 Å². The molecule has 0 aliphatic heterocycles. The third kappa shape index (κ3) is 4.16. The second-order valence-corrected chi connectivity index (χ2v) is 9.96. The molecule has 0 aromatic carbocycles. The average Bonchev–Trinajstić information content (AvgIpc) is 3.42. The zero-order chi connectivity index (χ0) is 23.1. The summed E-state index contributed by atoms with van der Waals surface area (Å²) in [5.41, 5.74) is 2.94. The van der Waals surface area contributed by atoms with E-state index in [1.54, 1.807) is 46.6 Å². The summed E-state index contributed by atoms with van der Waals surface area (Å²) < 4.78 is 7.05. The van der Waals surface area contributed by atoms with Gasteiger partial charge in [0.05, 0.1) is 27.7 Å². The molecular weight excluding hydrogens is 460 g/mol. The van der Waals surface area contributed by atoms with Crippen molar-refractivity contribution in [2.45, 2.75) is 32.3 Å². The number of nitrogens with one attached hydrogen (secondary N) is 1. The minimum Gasteiger partial charge on any atom is -0.380 e. The van der Waals surface area contributed by atoms with Gasteiger partial charge in [0.2, 0.25) is 5.91 Å². The summed E-state index contributed by atoms with van der Waals surface area (Å²) in [6.45, 7) is 2.56. The van der Waals surface area contributed by atoms with E-state index in [2.05, 4.69) is 20.4 Å². The number of amides is 1. The molecule has 0 spiro atoms. The number of carbonyl (C=O) groups is 1. The summed E-state index contributed by atoms with van der Waals surface area (Å²) in [5, 5.41) is 9.21. The molecule has 1 N–H and O–H groups in total. The number of aromatic nitrogens is 4. The fourth-order valence-corrected chi connectivity index (χ4v) is 5.90. The lowest BCUT2D eigenvalue weighted by molar-refractivity contribution is -0.135. The van der Waals surface area contributed by atoms with Gasteiger partial charge in [0.15, 0.2) is 0 Å². The summed E-state index contributed by atoms with van der Waals surface area (Å²) in [6, 6.07) is 3.87. The first-order chi connectivity index (χ1) is 15.9. The molecule has 0 saturated heterocycles.